The average molecular weight is 255 g/mol. The molecular weight excluding hydrogens is 248 g/mol. The van der Waals surface area contributed by atoms with Crippen molar-refractivity contribution in [1.82, 2.24) is 10.2 Å². The first-order valence-electron chi connectivity index (χ1n) is 3.99. The summed E-state index contributed by atoms with van der Waals surface area (Å²) in [5, 5.41) is 7.45. The fraction of sp³-hybridized carbons (Fsp3) is 0.111. The Morgan fingerprint density at radius 3 is 3.07 bits per heavy atom. The third-order valence-corrected chi connectivity index (χ3v) is 2.22. The zero-order chi connectivity index (χ0) is 10.1. The Balaban J connectivity index is 2.55. The minimum atomic E-state index is -0.377. The molecule has 0 amide bonds. The second kappa shape index (κ2) is 3.42. The van der Waals surface area contributed by atoms with E-state index in [1.807, 2.05) is 18.2 Å². The monoisotopic (exact) mass is 254 g/mol. The maximum Gasteiger partial charge on any atom is 0.309 e. The van der Waals surface area contributed by atoms with Crippen LogP contribution in [0.3, 0.4) is 0 Å². The minimum Gasteiger partial charge on any atom is -0.405 e. The number of aromatic amines is 1. The molecule has 0 aliphatic carbocycles. The number of benzene rings is 1. The van der Waals surface area contributed by atoms with Crippen LogP contribution < -0.4 is 4.74 Å². The van der Waals surface area contributed by atoms with Crippen LogP contribution in [0.2, 0.25) is 0 Å². The number of H-pyrrole nitrogens is 1. The van der Waals surface area contributed by atoms with Crippen molar-refractivity contribution in [2.24, 2.45) is 0 Å². The molecule has 2 aromatic rings. The quantitative estimate of drug-likeness (QED) is 0.795. The predicted octanol–water partition coefficient (Wildman–Crippen LogP) is 2.25. The van der Waals surface area contributed by atoms with Crippen LogP contribution in [0.1, 0.15) is 6.92 Å². The summed E-state index contributed by atoms with van der Waals surface area (Å²) in [6, 6.07) is 5.59. The van der Waals surface area contributed by atoms with E-state index in [0.717, 1.165) is 15.4 Å². The highest BCUT2D eigenvalue weighted by molar-refractivity contribution is 9.10. The van der Waals surface area contributed by atoms with E-state index in [9.17, 15) is 4.79 Å². The summed E-state index contributed by atoms with van der Waals surface area (Å²) in [6.45, 7) is 1.35. The molecule has 0 spiro atoms. The highest BCUT2D eigenvalue weighted by Gasteiger charge is 2.08. The Kier molecular flexibility index (Phi) is 2.25. The summed E-state index contributed by atoms with van der Waals surface area (Å²) < 4.78 is 5.84. The van der Waals surface area contributed by atoms with Gasteiger partial charge in [0.1, 0.15) is 0 Å². The van der Waals surface area contributed by atoms with Crippen LogP contribution in [-0.4, -0.2) is 16.2 Å². The van der Waals surface area contributed by atoms with E-state index in [0.29, 0.717) is 5.88 Å². The molecule has 72 valence electrons. The van der Waals surface area contributed by atoms with Crippen LogP contribution in [0.5, 0.6) is 5.88 Å². The molecular formula is C9H7BrN2O2. The van der Waals surface area contributed by atoms with Crippen molar-refractivity contribution in [3.8, 4) is 5.88 Å². The number of hydrogen-bond acceptors (Lipinski definition) is 3. The fourth-order valence-electron chi connectivity index (χ4n) is 1.18. The second-order valence-corrected chi connectivity index (χ2v) is 3.73. The number of carbonyl (C=O) groups excluding carboxylic acids is 1. The first kappa shape index (κ1) is 9.21. The van der Waals surface area contributed by atoms with Crippen molar-refractivity contribution in [3.63, 3.8) is 0 Å². The van der Waals surface area contributed by atoms with Gasteiger partial charge in [-0.3, -0.25) is 9.89 Å². The third-order valence-electron chi connectivity index (χ3n) is 1.73. The van der Waals surface area contributed by atoms with Crippen molar-refractivity contribution in [2.45, 2.75) is 6.92 Å². The molecule has 14 heavy (non-hydrogen) atoms. The average Bonchev–Trinajstić information content (AvgIpc) is 2.47. The molecule has 0 saturated heterocycles. The van der Waals surface area contributed by atoms with Gasteiger partial charge < -0.3 is 4.74 Å². The largest absolute Gasteiger partial charge is 0.405 e. The summed E-state index contributed by atoms with van der Waals surface area (Å²) >= 11 is 3.34. The van der Waals surface area contributed by atoms with Gasteiger partial charge in [0.2, 0.25) is 5.88 Å². The zero-order valence-electron chi connectivity index (χ0n) is 7.37. The van der Waals surface area contributed by atoms with Gasteiger partial charge in [-0.2, -0.15) is 0 Å². The van der Waals surface area contributed by atoms with Crippen LogP contribution >= 0.6 is 15.9 Å². The summed E-state index contributed by atoms with van der Waals surface area (Å²) in [5.74, 6) is -0.0628. The number of fused-ring (bicyclic) bond motifs is 1. The third kappa shape index (κ3) is 1.63. The van der Waals surface area contributed by atoms with Crippen LogP contribution in [0, 0.1) is 0 Å². The molecule has 0 saturated carbocycles. The van der Waals surface area contributed by atoms with E-state index in [2.05, 4.69) is 26.1 Å². The SMILES string of the molecule is CC(=O)Oc1n[nH]c2ccc(Br)cc12. The Labute approximate surface area is 88.4 Å². The van der Waals surface area contributed by atoms with E-state index in [4.69, 9.17) is 4.74 Å². The number of carbonyl (C=O) groups is 1. The number of nitrogens with zero attached hydrogens (tertiary/aromatic N) is 1. The topological polar surface area (TPSA) is 55.0 Å². The minimum absolute atomic E-state index is 0.314. The zero-order valence-corrected chi connectivity index (χ0v) is 8.96. The molecule has 5 heteroatoms. The summed E-state index contributed by atoms with van der Waals surface area (Å²) in [6.07, 6.45) is 0. The van der Waals surface area contributed by atoms with Gasteiger partial charge in [0.05, 0.1) is 10.9 Å². The van der Waals surface area contributed by atoms with E-state index in [1.165, 1.54) is 6.92 Å². The van der Waals surface area contributed by atoms with Gasteiger partial charge in [-0.25, -0.2) is 0 Å². The van der Waals surface area contributed by atoms with Crippen molar-refractivity contribution < 1.29 is 9.53 Å². The lowest BCUT2D eigenvalue weighted by Crippen LogP contribution is -2.01. The highest BCUT2D eigenvalue weighted by Crippen LogP contribution is 2.25. The highest BCUT2D eigenvalue weighted by atomic mass is 79.9. The number of rotatable bonds is 1. The van der Waals surface area contributed by atoms with Gasteiger partial charge in [-0.1, -0.05) is 15.9 Å². The van der Waals surface area contributed by atoms with Crippen molar-refractivity contribution >= 4 is 32.8 Å². The number of halogens is 1. The lowest BCUT2D eigenvalue weighted by molar-refractivity contribution is -0.132. The molecule has 2 rings (SSSR count). The van der Waals surface area contributed by atoms with Crippen LogP contribution in [-0.2, 0) is 4.79 Å². The normalized spacial score (nSPS) is 10.4. The Morgan fingerprint density at radius 2 is 2.36 bits per heavy atom. The maximum absolute atomic E-state index is 10.8. The summed E-state index contributed by atoms with van der Waals surface area (Å²) in [5.41, 5.74) is 0.837. The lowest BCUT2D eigenvalue weighted by atomic mass is 10.2. The molecule has 0 atom stereocenters. The fourth-order valence-corrected chi connectivity index (χ4v) is 1.54. The number of ether oxygens (including phenoxy) is 1. The van der Waals surface area contributed by atoms with Crippen LogP contribution in [0.15, 0.2) is 22.7 Å². The standard InChI is InChI=1S/C9H7BrN2O2/c1-5(13)14-9-7-4-6(10)2-3-8(7)11-12-9/h2-4H,1H3,(H,11,12). The van der Waals surface area contributed by atoms with Gasteiger partial charge in [-0.15, -0.1) is 5.10 Å². The van der Waals surface area contributed by atoms with Crippen molar-refractivity contribution in [3.05, 3.63) is 22.7 Å². The number of esters is 1. The molecule has 0 radical (unpaired) electrons. The van der Waals surface area contributed by atoms with E-state index < -0.39 is 0 Å². The van der Waals surface area contributed by atoms with Crippen LogP contribution in [0.25, 0.3) is 10.9 Å². The maximum atomic E-state index is 10.8. The van der Waals surface area contributed by atoms with Gasteiger partial charge in [0, 0.05) is 11.4 Å². The summed E-state index contributed by atoms with van der Waals surface area (Å²) in [4.78, 5) is 10.8. The van der Waals surface area contributed by atoms with Gasteiger partial charge >= 0.3 is 5.97 Å². The smallest absolute Gasteiger partial charge is 0.309 e. The first-order chi connectivity index (χ1) is 6.66. The lowest BCUT2D eigenvalue weighted by Gasteiger charge is -1.96. The van der Waals surface area contributed by atoms with Crippen molar-refractivity contribution in [2.75, 3.05) is 0 Å². The van der Waals surface area contributed by atoms with E-state index >= 15 is 0 Å². The Morgan fingerprint density at radius 1 is 1.57 bits per heavy atom. The molecule has 0 fully saturated rings. The number of aromatic nitrogens is 2. The van der Waals surface area contributed by atoms with Gasteiger partial charge in [0.25, 0.3) is 0 Å². The van der Waals surface area contributed by atoms with Gasteiger partial charge in [-0.05, 0) is 18.2 Å². The molecule has 0 aliphatic heterocycles. The Bertz CT molecular complexity index is 493. The molecule has 0 bridgehead atoms. The molecule has 1 aromatic heterocycles. The van der Waals surface area contributed by atoms with Gasteiger partial charge in [0.15, 0.2) is 0 Å². The molecule has 4 nitrogen and oxygen atoms in total. The van der Waals surface area contributed by atoms with E-state index in [1.54, 1.807) is 0 Å². The predicted molar refractivity (Wildman–Crippen MR) is 55.1 cm³/mol. The van der Waals surface area contributed by atoms with Crippen molar-refractivity contribution in [1.29, 1.82) is 0 Å². The number of hydrogen-bond donors (Lipinski definition) is 1. The van der Waals surface area contributed by atoms with Crippen LogP contribution in [0.4, 0.5) is 0 Å². The molecule has 1 aromatic carbocycles. The molecule has 0 aliphatic rings. The Hall–Kier alpha value is -1.36. The second-order valence-electron chi connectivity index (χ2n) is 2.81. The first-order valence-corrected chi connectivity index (χ1v) is 4.78. The molecule has 1 N–H and O–H groups in total. The van der Waals surface area contributed by atoms with E-state index in [-0.39, 0.29) is 5.97 Å². The molecule has 1 heterocycles. The summed E-state index contributed by atoms with van der Waals surface area (Å²) in [7, 11) is 0. The number of nitrogens with one attached hydrogen (secondary N) is 1. The molecule has 0 unspecified atom stereocenters.